The second-order valence-electron chi connectivity index (χ2n) is 7.40. The number of imidazole rings is 1. The van der Waals surface area contributed by atoms with Crippen LogP contribution in [0.5, 0.6) is 11.5 Å². The lowest BCUT2D eigenvalue weighted by atomic mass is 10.0. The monoisotopic (exact) mass is 497 g/mol. The Bertz CT molecular complexity index is 1230. The molecule has 0 aliphatic heterocycles. The number of hydrogen-bond donors (Lipinski definition) is 3. The van der Waals surface area contributed by atoms with E-state index in [2.05, 4.69) is 27.1 Å². The zero-order valence-electron chi connectivity index (χ0n) is 19.7. The average Bonchev–Trinajstić information content (AvgIpc) is 3.34. The minimum absolute atomic E-state index is 0.238. The molecular weight excluding hydrogens is 470 g/mol. The molecule has 0 bridgehead atoms. The molecule has 1 atom stereocenters. The highest BCUT2D eigenvalue weighted by atomic mass is 32.2. The fourth-order valence-electron chi connectivity index (χ4n) is 3.29. The van der Waals surface area contributed by atoms with E-state index in [-0.39, 0.29) is 10.8 Å². The van der Waals surface area contributed by atoms with Crippen molar-refractivity contribution in [2.45, 2.75) is 18.4 Å². The Morgan fingerprint density at radius 1 is 1.17 bits per heavy atom. The Balaban J connectivity index is 1.70. The van der Waals surface area contributed by atoms with Crippen molar-refractivity contribution in [3.05, 3.63) is 72.7 Å². The molecule has 3 aromatic rings. The number of methoxy groups -OCH3 is 2. The maximum Gasteiger partial charge on any atom is 0.266 e. The molecule has 2 amide bonds. The van der Waals surface area contributed by atoms with Crippen LogP contribution < -0.4 is 25.0 Å². The van der Waals surface area contributed by atoms with Crippen LogP contribution in [0.2, 0.25) is 0 Å². The van der Waals surface area contributed by atoms with Crippen LogP contribution in [0.15, 0.2) is 66.5 Å². The molecule has 0 aliphatic carbocycles. The zero-order valence-corrected chi connectivity index (χ0v) is 20.5. The summed E-state index contributed by atoms with van der Waals surface area (Å²) < 4.78 is 25.2. The Morgan fingerprint density at radius 3 is 2.54 bits per heavy atom. The van der Waals surface area contributed by atoms with E-state index in [1.54, 1.807) is 36.7 Å². The Labute approximate surface area is 205 Å². The molecule has 0 spiro atoms. The third-order valence-electron chi connectivity index (χ3n) is 4.95. The molecule has 3 rings (SSSR count). The number of nitrogens with zero attached hydrogens (tertiary/aromatic N) is 2. The first-order valence-electron chi connectivity index (χ1n) is 10.6. The summed E-state index contributed by atoms with van der Waals surface area (Å²) in [6, 6.07) is 10.3. The molecule has 184 valence electrons. The summed E-state index contributed by atoms with van der Waals surface area (Å²) in [5, 5.41) is 2.71. The SMILES string of the molecule is C=CC(=O)NCCn1cnc(-c2cc(C)cc(C(=O)NNS(=O)c3c(OC)cccc3OC)c2)c1. The molecule has 11 heteroatoms. The largest absolute Gasteiger partial charge is 0.495 e. The Hall–Kier alpha value is -3.96. The summed E-state index contributed by atoms with van der Waals surface area (Å²) in [5.41, 5.74) is 5.12. The first-order valence-corrected chi connectivity index (χ1v) is 11.7. The van der Waals surface area contributed by atoms with Gasteiger partial charge >= 0.3 is 0 Å². The van der Waals surface area contributed by atoms with E-state index in [4.69, 9.17) is 9.47 Å². The summed E-state index contributed by atoms with van der Waals surface area (Å²) >= 11 is 0. The van der Waals surface area contributed by atoms with Gasteiger partial charge in [0, 0.05) is 30.4 Å². The standard InChI is InChI=1S/C24H27N5O5S/c1-5-22(30)25-9-10-29-14-19(26-15-29)17-11-16(2)12-18(13-17)24(31)27-28-35(32)23-20(33-3)7-6-8-21(23)34-4/h5-8,11-15,28H,1,9-10H2,2-4H3,(H,25,30)(H,27,31). The number of benzene rings is 2. The molecule has 0 fully saturated rings. The quantitative estimate of drug-likeness (QED) is 0.276. The van der Waals surface area contributed by atoms with Gasteiger partial charge in [-0.3, -0.25) is 15.0 Å². The number of aryl methyl sites for hydroxylation is 1. The molecule has 0 radical (unpaired) electrons. The Kier molecular flexibility index (Phi) is 8.76. The molecule has 1 unspecified atom stereocenters. The van der Waals surface area contributed by atoms with Crippen LogP contribution in [-0.4, -0.2) is 46.3 Å². The lowest BCUT2D eigenvalue weighted by Crippen LogP contribution is -2.38. The van der Waals surface area contributed by atoms with Crippen LogP contribution in [0.1, 0.15) is 15.9 Å². The van der Waals surface area contributed by atoms with Crippen LogP contribution in [0, 0.1) is 6.92 Å². The minimum Gasteiger partial charge on any atom is -0.495 e. The number of carbonyl (C=O) groups excluding carboxylic acids is 2. The predicted molar refractivity (Wildman–Crippen MR) is 132 cm³/mol. The molecule has 0 saturated carbocycles. The third-order valence-corrected chi connectivity index (χ3v) is 6.01. The summed E-state index contributed by atoms with van der Waals surface area (Å²) in [5.74, 6) is 0.0194. The van der Waals surface area contributed by atoms with Gasteiger partial charge in [-0.15, -0.1) is 4.83 Å². The van der Waals surface area contributed by atoms with Crippen molar-refractivity contribution in [1.29, 1.82) is 0 Å². The molecule has 0 aliphatic rings. The van der Waals surface area contributed by atoms with Crippen molar-refractivity contribution in [3.63, 3.8) is 0 Å². The van der Waals surface area contributed by atoms with Crippen molar-refractivity contribution in [2.24, 2.45) is 0 Å². The summed E-state index contributed by atoms with van der Waals surface area (Å²) in [6.45, 7) is 6.25. The highest BCUT2D eigenvalue weighted by Gasteiger charge is 2.18. The molecule has 2 aromatic carbocycles. The van der Waals surface area contributed by atoms with E-state index in [0.717, 1.165) is 11.1 Å². The van der Waals surface area contributed by atoms with Gasteiger partial charge in [0.2, 0.25) is 5.91 Å². The minimum atomic E-state index is -1.84. The number of hydrogen-bond acceptors (Lipinski definition) is 6. The molecule has 1 aromatic heterocycles. The van der Waals surface area contributed by atoms with Crippen molar-refractivity contribution in [2.75, 3.05) is 20.8 Å². The van der Waals surface area contributed by atoms with E-state index < -0.39 is 16.9 Å². The van der Waals surface area contributed by atoms with E-state index in [1.165, 1.54) is 20.3 Å². The maximum atomic E-state index is 12.8. The lowest BCUT2D eigenvalue weighted by Gasteiger charge is -2.13. The van der Waals surface area contributed by atoms with Crippen LogP contribution in [0.25, 0.3) is 11.3 Å². The topological polar surface area (TPSA) is 124 Å². The lowest BCUT2D eigenvalue weighted by molar-refractivity contribution is -0.116. The van der Waals surface area contributed by atoms with Gasteiger partial charge in [-0.25, -0.2) is 9.19 Å². The van der Waals surface area contributed by atoms with Crippen molar-refractivity contribution in [3.8, 4) is 22.8 Å². The smallest absolute Gasteiger partial charge is 0.266 e. The van der Waals surface area contributed by atoms with Gasteiger partial charge in [-0.05, 0) is 48.9 Å². The second kappa shape index (κ2) is 12.0. The highest BCUT2D eigenvalue weighted by Crippen LogP contribution is 2.30. The highest BCUT2D eigenvalue weighted by molar-refractivity contribution is 7.83. The van der Waals surface area contributed by atoms with Gasteiger partial charge in [0.05, 0.1) is 26.2 Å². The van der Waals surface area contributed by atoms with Crippen LogP contribution in [0.3, 0.4) is 0 Å². The summed E-state index contributed by atoms with van der Waals surface area (Å²) in [6.07, 6.45) is 4.70. The van der Waals surface area contributed by atoms with Crippen LogP contribution in [0.4, 0.5) is 0 Å². The van der Waals surface area contributed by atoms with Crippen molar-refractivity contribution < 1.29 is 23.3 Å². The molecule has 35 heavy (non-hydrogen) atoms. The molecule has 3 N–H and O–H groups in total. The number of amides is 2. The van der Waals surface area contributed by atoms with Crippen LogP contribution >= 0.6 is 0 Å². The number of nitrogens with one attached hydrogen (secondary N) is 3. The van der Waals surface area contributed by atoms with Gasteiger partial charge in [0.25, 0.3) is 5.91 Å². The fourth-order valence-corrected chi connectivity index (χ4v) is 4.25. The van der Waals surface area contributed by atoms with E-state index >= 15 is 0 Å². The third kappa shape index (κ3) is 6.55. The second-order valence-corrected chi connectivity index (χ2v) is 8.55. The van der Waals surface area contributed by atoms with Gasteiger partial charge < -0.3 is 19.4 Å². The Morgan fingerprint density at radius 2 is 1.89 bits per heavy atom. The van der Waals surface area contributed by atoms with Gasteiger partial charge in [-0.2, -0.15) is 0 Å². The average molecular weight is 498 g/mol. The number of rotatable bonds is 11. The van der Waals surface area contributed by atoms with Crippen LogP contribution in [-0.2, 0) is 22.3 Å². The zero-order chi connectivity index (χ0) is 25.4. The number of aromatic nitrogens is 2. The fraction of sp³-hybridized carbons (Fsp3) is 0.208. The van der Waals surface area contributed by atoms with E-state index in [1.807, 2.05) is 23.8 Å². The van der Waals surface area contributed by atoms with E-state index in [9.17, 15) is 13.8 Å². The molecule has 0 saturated heterocycles. The molecule has 1 heterocycles. The summed E-state index contributed by atoms with van der Waals surface area (Å²) in [4.78, 5) is 31.3. The molecule has 10 nitrogen and oxygen atoms in total. The molecular formula is C24H27N5O5S. The number of carbonyl (C=O) groups is 2. The van der Waals surface area contributed by atoms with Gasteiger partial charge in [0.15, 0.2) is 11.0 Å². The van der Waals surface area contributed by atoms with Gasteiger partial charge in [-0.1, -0.05) is 12.6 Å². The number of ether oxygens (including phenoxy) is 2. The van der Waals surface area contributed by atoms with E-state index in [0.29, 0.717) is 35.8 Å². The first-order chi connectivity index (χ1) is 16.9. The summed E-state index contributed by atoms with van der Waals surface area (Å²) in [7, 11) is 1.08. The number of hydrazine groups is 1. The van der Waals surface area contributed by atoms with Gasteiger partial charge in [0.1, 0.15) is 16.4 Å². The predicted octanol–water partition coefficient (Wildman–Crippen LogP) is 2.14. The maximum absolute atomic E-state index is 12.8. The van der Waals surface area contributed by atoms with Crippen molar-refractivity contribution >= 4 is 22.8 Å². The first kappa shape index (κ1) is 25.7. The van der Waals surface area contributed by atoms with Crippen molar-refractivity contribution in [1.82, 2.24) is 25.1 Å². The normalized spacial score (nSPS) is 11.4.